The number of likely N-dealkylation sites (tertiary alicyclic amines) is 1. The highest BCUT2D eigenvalue weighted by molar-refractivity contribution is 5.23. The number of anilines is 1. The first kappa shape index (κ1) is 15.0. The van der Waals surface area contributed by atoms with E-state index in [1.54, 1.807) is 0 Å². The molecule has 0 spiro atoms. The van der Waals surface area contributed by atoms with Gasteiger partial charge in [-0.25, -0.2) is 0 Å². The fraction of sp³-hybridized carbons (Fsp3) is 0.667. The van der Waals surface area contributed by atoms with Gasteiger partial charge in [-0.15, -0.1) is 5.10 Å². The van der Waals surface area contributed by atoms with E-state index in [-0.39, 0.29) is 0 Å². The summed E-state index contributed by atoms with van der Waals surface area (Å²) >= 11 is 0. The topological polar surface area (TPSA) is 63.2 Å². The van der Waals surface area contributed by atoms with Gasteiger partial charge in [0.05, 0.1) is 11.7 Å². The number of hydrogen-bond acceptors (Lipinski definition) is 6. The van der Waals surface area contributed by atoms with Crippen molar-refractivity contribution in [2.45, 2.75) is 25.8 Å². The molecule has 2 atom stereocenters. The van der Waals surface area contributed by atoms with Gasteiger partial charge in [-0.1, -0.05) is 5.10 Å². The molecule has 0 aliphatic carbocycles. The monoisotopic (exact) mass is 304 g/mol. The summed E-state index contributed by atoms with van der Waals surface area (Å²) in [5, 5.41) is 12.4. The van der Waals surface area contributed by atoms with Crippen molar-refractivity contribution in [1.82, 2.24) is 24.9 Å². The van der Waals surface area contributed by atoms with E-state index < -0.39 is 0 Å². The van der Waals surface area contributed by atoms with Gasteiger partial charge in [-0.05, 0) is 38.4 Å². The fourth-order valence-electron chi connectivity index (χ4n) is 3.46. The molecule has 22 heavy (non-hydrogen) atoms. The van der Waals surface area contributed by atoms with Crippen LogP contribution in [-0.2, 0) is 7.05 Å². The first-order chi connectivity index (χ1) is 10.6. The minimum absolute atomic E-state index is 0.368. The summed E-state index contributed by atoms with van der Waals surface area (Å²) in [5.41, 5.74) is 1.27. The minimum atomic E-state index is 0.368. The van der Waals surface area contributed by atoms with Crippen molar-refractivity contribution in [3.05, 3.63) is 23.8 Å². The first-order valence-corrected chi connectivity index (χ1v) is 7.75. The zero-order chi connectivity index (χ0) is 15.7. The number of aromatic nitrogens is 4. The number of piperidine rings is 1. The van der Waals surface area contributed by atoms with E-state index in [1.807, 2.05) is 31.9 Å². The Morgan fingerprint density at radius 1 is 1.36 bits per heavy atom. The van der Waals surface area contributed by atoms with Gasteiger partial charge in [-0.3, -0.25) is 9.58 Å². The van der Waals surface area contributed by atoms with Crippen LogP contribution >= 0.6 is 0 Å². The van der Waals surface area contributed by atoms with Crippen molar-refractivity contribution in [2.75, 3.05) is 32.1 Å². The highest BCUT2D eigenvalue weighted by atomic mass is 16.4. The van der Waals surface area contributed by atoms with Crippen LogP contribution in [0.5, 0.6) is 0 Å². The third-order valence-electron chi connectivity index (χ3n) is 4.52. The number of rotatable bonds is 4. The molecule has 1 aliphatic heterocycles. The first-order valence-electron chi connectivity index (χ1n) is 7.75. The average Bonchev–Trinajstić information content (AvgIpc) is 3.08. The van der Waals surface area contributed by atoms with Crippen molar-refractivity contribution in [1.29, 1.82) is 0 Å². The number of hydrogen-bond donors (Lipinski definition) is 0. The van der Waals surface area contributed by atoms with Gasteiger partial charge < -0.3 is 9.32 Å². The lowest BCUT2D eigenvalue weighted by atomic mass is 9.87. The van der Waals surface area contributed by atoms with Crippen LogP contribution in [-0.4, -0.2) is 52.1 Å². The van der Waals surface area contributed by atoms with Crippen LogP contribution in [0.3, 0.4) is 0 Å². The Hall–Kier alpha value is -1.89. The Bertz CT molecular complexity index is 621. The van der Waals surface area contributed by atoms with Crippen molar-refractivity contribution in [3.8, 4) is 0 Å². The SMILES string of the molecule is Cc1nnc(N(C)C[C@@H]2CCCN(C)[C@H]2c2ccnn2C)o1. The van der Waals surface area contributed by atoms with Gasteiger partial charge in [-0.2, -0.15) is 5.10 Å². The van der Waals surface area contributed by atoms with Crippen LogP contribution in [0.1, 0.15) is 30.5 Å². The normalized spacial score (nSPS) is 22.9. The second-order valence-electron chi connectivity index (χ2n) is 6.19. The van der Waals surface area contributed by atoms with E-state index in [9.17, 15) is 0 Å². The summed E-state index contributed by atoms with van der Waals surface area (Å²) in [6.45, 7) is 3.83. The second kappa shape index (κ2) is 6.08. The highest BCUT2D eigenvalue weighted by Crippen LogP contribution is 2.35. The van der Waals surface area contributed by atoms with Gasteiger partial charge in [0.2, 0.25) is 5.89 Å². The average molecular weight is 304 g/mol. The van der Waals surface area contributed by atoms with Crippen LogP contribution in [0.4, 0.5) is 6.01 Å². The van der Waals surface area contributed by atoms with Crippen molar-refractivity contribution >= 4 is 6.01 Å². The molecule has 2 aromatic heterocycles. The van der Waals surface area contributed by atoms with E-state index in [1.165, 1.54) is 18.5 Å². The lowest BCUT2D eigenvalue weighted by Gasteiger charge is -2.40. The molecule has 1 fully saturated rings. The molecule has 0 N–H and O–H groups in total. The third-order valence-corrected chi connectivity index (χ3v) is 4.52. The molecule has 2 aromatic rings. The van der Waals surface area contributed by atoms with Crippen LogP contribution < -0.4 is 4.90 Å². The maximum absolute atomic E-state index is 5.54. The molecule has 0 bridgehead atoms. The van der Waals surface area contributed by atoms with Gasteiger partial charge >= 0.3 is 6.01 Å². The molecule has 0 aromatic carbocycles. The van der Waals surface area contributed by atoms with E-state index in [0.29, 0.717) is 23.9 Å². The molecule has 0 saturated carbocycles. The molecular weight excluding hydrogens is 280 g/mol. The number of nitrogens with zero attached hydrogens (tertiary/aromatic N) is 6. The summed E-state index contributed by atoms with van der Waals surface area (Å²) in [5.74, 6) is 1.11. The zero-order valence-corrected chi connectivity index (χ0v) is 13.7. The second-order valence-corrected chi connectivity index (χ2v) is 6.19. The lowest BCUT2D eigenvalue weighted by Crippen LogP contribution is -2.42. The Balaban J connectivity index is 1.79. The Kier molecular flexibility index (Phi) is 4.15. The highest BCUT2D eigenvalue weighted by Gasteiger charge is 2.33. The minimum Gasteiger partial charge on any atom is -0.408 e. The quantitative estimate of drug-likeness (QED) is 0.855. The van der Waals surface area contributed by atoms with Gasteiger partial charge in [0.1, 0.15) is 0 Å². The summed E-state index contributed by atoms with van der Waals surface area (Å²) in [4.78, 5) is 4.49. The van der Waals surface area contributed by atoms with E-state index >= 15 is 0 Å². The summed E-state index contributed by atoms with van der Waals surface area (Å²) < 4.78 is 7.52. The predicted molar refractivity (Wildman–Crippen MR) is 83.6 cm³/mol. The summed E-state index contributed by atoms with van der Waals surface area (Å²) in [6, 6.07) is 3.08. The van der Waals surface area contributed by atoms with E-state index in [2.05, 4.69) is 38.2 Å². The van der Waals surface area contributed by atoms with Crippen LogP contribution in [0.2, 0.25) is 0 Å². The smallest absolute Gasteiger partial charge is 0.317 e. The van der Waals surface area contributed by atoms with Crippen LogP contribution in [0.25, 0.3) is 0 Å². The Morgan fingerprint density at radius 3 is 2.82 bits per heavy atom. The number of aryl methyl sites for hydroxylation is 2. The Morgan fingerprint density at radius 2 is 2.18 bits per heavy atom. The summed E-state index contributed by atoms with van der Waals surface area (Å²) in [6.07, 6.45) is 4.28. The van der Waals surface area contributed by atoms with Crippen molar-refractivity contribution in [2.24, 2.45) is 13.0 Å². The lowest BCUT2D eigenvalue weighted by molar-refractivity contribution is 0.117. The van der Waals surface area contributed by atoms with Gasteiger partial charge in [0, 0.05) is 33.8 Å². The van der Waals surface area contributed by atoms with E-state index in [0.717, 1.165) is 13.1 Å². The maximum Gasteiger partial charge on any atom is 0.317 e. The largest absolute Gasteiger partial charge is 0.408 e. The molecular formula is C15H24N6O. The molecule has 1 aliphatic rings. The third kappa shape index (κ3) is 2.85. The van der Waals surface area contributed by atoms with Crippen LogP contribution in [0.15, 0.2) is 16.7 Å². The van der Waals surface area contributed by atoms with Crippen molar-refractivity contribution in [3.63, 3.8) is 0 Å². The molecule has 7 nitrogen and oxygen atoms in total. The molecule has 0 amide bonds. The molecule has 0 unspecified atom stereocenters. The zero-order valence-electron chi connectivity index (χ0n) is 13.7. The molecule has 120 valence electrons. The van der Waals surface area contributed by atoms with Crippen LogP contribution in [0, 0.1) is 12.8 Å². The van der Waals surface area contributed by atoms with Gasteiger partial charge in [0.15, 0.2) is 0 Å². The van der Waals surface area contributed by atoms with Gasteiger partial charge in [0.25, 0.3) is 0 Å². The summed E-state index contributed by atoms with van der Waals surface area (Å²) in [7, 11) is 6.22. The standard InChI is InChI=1S/C15H24N6O/c1-11-17-18-15(22-11)20(3)10-12-6-5-9-19(2)14(12)13-7-8-16-21(13)4/h7-8,12,14H,5-6,9-10H2,1-4H3/t12-,14+/m0/s1. The predicted octanol–water partition coefficient (Wildman–Crippen LogP) is 1.63. The molecule has 3 rings (SSSR count). The van der Waals surface area contributed by atoms with E-state index in [4.69, 9.17) is 4.42 Å². The molecule has 0 radical (unpaired) electrons. The Labute approximate surface area is 130 Å². The molecule has 7 heteroatoms. The maximum atomic E-state index is 5.54. The molecule has 3 heterocycles. The fourth-order valence-corrected chi connectivity index (χ4v) is 3.46. The van der Waals surface area contributed by atoms with Crippen molar-refractivity contribution < 1.29 is 4.42 Å². The molecule has 1 saturated heterocycles.